The molecule has 7 nitrogen and oxygen atoms in total. The smallest absolute Gasteiger partial charge is 0.340 e. The predicted molar refractivity (Wildman–Crippen MR) is 96.8 cm³/mol. The number of aromatic amines is 1. The second kappa shape index (κ2) is 7.86. The van der Waals surface area contributed by atoms with Crippen LogP contribution < -0.4 is 5.32 Å². The Hall–Kier alpha value is -3.09. The van der Waals surface area contributed by atoms with Crippen molar-refractivity contribution in [2.24, 2.45) is 0 Å². The molecule has 0 fully saturated rings. The Bertz CT molecular complexity index is 854. The number of esters is 2. The zero-order chi connectivity index (χ0) is 19.4. The van der Waals surface area contributed by atoms with Crippen molar-refractivity contribution < 1.29 is 23.9 Å². The number of nitrogens with one attached hydrogen (secondary N) is 2. The minimum Gasteiger partial charge on any atom is -0.465 e. The van der Waals surface area contributed by atoms with Crippen LogP contribution in [0.1, 0.15) is 49.4 Å². The van der Waals surface area contributed by atoms with Gasteiger partial charge in [0, 0.05) is 18.4 Å². The number of para-hydroxylation sites is 1. The SMILES string of the molecule is CNc1ccccc1C(=O)OC(C)C(=O)c1[nH]c(C)c(C(=O)OC)c1C. The molecule has 0 spiro atoms. The molecule has 0 saturated heterocycles. The fourth-order valence-corrected chi connectivity index (χ4v) is 2.76. The number of aryl methyl sites for hydroxylation is 1. The highest BCUT2D eigenvalue weighted by molar-refractivity contribution is 6.05. The number of carbonyl (C=O) groups excluding carboxylic acids is 3. The molecule has 2 N–H and O–H groups in total. The van der Waals surface area contributed by atoms with E-state index in [1.165, 1.54) is 14.0 Å². The lowest BCUT2D eigenvalue weighted by Crippen LogP contribution is -2.25. The molecule has 0 aliphatic rings. The van der Waals surface area contributed by atoms with Gasteiger partial charge in [0.2, 0.25) is 5.78 Å². The maximum atomic E-state index is 12.7. The third-order valence-electron chi connectivity index (χ3n) is 4.14. The zero-order valence-electron chi connectivity index (χ0n) is 15.4. The molecule has 2 aromatic rings. The lowest BCUT2D eigenvalue weighted by molar-refractivity contribution is 0.0317. The van der Waals surface area contributed by atoms with E-state index in [9.17, 15) is 14.4 Å². The van der Waals surface area contributed by atoms with Gasteiger partial charge < -0.3 is 19.8 Å². The van der Waals surface area contributed by atoms with Crippen molar-refractivity contribution in [3.63, 3.8) is 0 Å². The van der Waals surface area contributed by atoms with Crippen molar-refractivity contribution in [1.29, 1.82) is 0 Å². The molecule has 1 aromatic heterocycles. The highest BCUT2D eigenvalue weighted by Crippen LogP contribution is 2.22. The normalized spacial score (nSPS) is 11.6. The van der Waals surface area contributed by atoms with Crippen LogP contribution in [0.25, 0.3) is 0 Å². The van der Waals surface area contributed by atoms with E-state index in [2.05, 4.69) is 10.3 Å². The Kier molecular flexibility index (Phi) is 5.82. The Balaban J connectivity index is 2.23. The molecule has 0 radical (unpaired) electrons. The fourth-order valence-electron chi connectivity index (χ4n) is 2.76. The number of methoxy groups -OCH3 is 1. The summed E-state index contributed by atoms with van der Waals surface area (Å²) in [7, 11) is 2.97. The summed E-state index contributed by atoms with van der Waals surface area (Å²) in [4.78, 5) is 39.8. The Labute approximate surface area is 151 Å². The lowest BCUT2D eigenvalue weighted by Gasteiger charge is -2.14. The van der Waals surface area contributed by atoms with Crippen molar-refractivity contribution in [2.45, 2.75) is 26.9 Å². The molecule has 2 rings (SSSR count). The third kappa shape index (κ3) is 3.61. The summed E-state index contributed by atoms with van der Waals surface area (Å²) >= 11 is 0. The van der Waals surface area contributed by atoms with Gasteiger partial charge in [-0.3, -0.25) is 4.79 Å². The summed E-state index contributed by atoms with van der Waals surface area (Å²) in [6.07, 6.45) is -1.02. The Morgan fingerprint density at radius 3 is 2.38 bits per heavy atom. The predicted octanol–water partition coefficient (Wildman–Crippen LogP) is 2.89. The summed E-state index contributed by atoms with van der Waals surface area (Å²) in [6.45, 7) is 4.82. The number of carbonyl (C=O) groups is 3. The number of Topliss-reactive ketones (excluding diaryl/α,β-unsaturated/α-hetero) is 1. The third-order valence-corrected chi connectivity index (χ3v) is 4.14. The van der Waals surface area contributed by atoms with E-state index in [-0.39, 0.29) is 5.69 Å². The molecular formula is C19H22N2O5. The summed E-state index contributed by atoms with van der Waals surface area (Å²) in [5, 5.41) is 2.91. The van der Waals surface area contributed by atoms with Gasteiger partial charge in [0.05, 0.1) is 23.9 Å². The largest absolute Gasteiger partial charge is 0.465 e. The molecule has 1 aromatic carbocycles. The minimum absolute atomic E-state index is 0.227. The molecule has 0 amide bonds. The van der Waals surface area contributed by atoms with Crippen LogP contribution in [0, 0.1) is 13.8 Å². The van der Waals surface area contributed by atoms with E-state index in [1.807, 2.05) is 0 Å². The molecule has 138 valence electrons. The van der Waals surface area contributed by atoms with Crippen molar-refractivity contribution in [2.75, 3.05) is 19.5 Å². The molecule has 7 heteroatoms. The monoisotopic (exact) mass is 358 g/mol. The number of hydrogen-bond acceptors (Lipinski definition) is 6. The van der Waals surface area contributed by atoms with Gasteiger partial charge in [0.15, 0.2) is 6.10 Å². The van der Waals surface area contributed by atoms with Gasteiger partial charge >= 0.3 is 11.9 Å². The van der Waals surface area contributed by atoms with E-state index >= 15 is 0 Å². The van der Waals surface area contributed by atoms with E-state index in [0.29, 0.717) is 28.1 Å². The molecule has 1 heterocycles. The van der Waals surface area contributed by atoms with Gasteiger partial charge in [-0.1, -0.05) is 12.1 Å². The highest BCUT2D eigenvalue weighted by Gasteiger charge is 2.28. The second-order valence-corrected chi connectivity index (χ2v) is 5.82. The van der Waals surface area contributed by atoms with Gasteiger partial charge in [-0.25, -0.2) is 9.59 Å². The average Bonchev–Trinajstić information content (AvgIpc) is 2.94. The summed E-state index contributed by atoms with van der Waals surface area (Å²) in [6, 6.07) is 6.86. The van der Waals surface area contributed by atoms with Crippen LogP contribution in [0.4, 0.5) is 5.69 Å². The lowest BCUT2D eigenvalue weighted by atomic mass is 10.1. The number of ketones is 1. The first-order valence-corrected chi connectivity index (χ1v) is 8.11. The quantitative estimate of drug-likeness (QED) is 0.609. The summed E-state index contributed by atoms with van der Waals surface area (Å²) in [5.41, 5.74) is 2.48. The van der Waals surface area contributed by atoms with Gasteiger partial charge in [0.1, 0.15) is 0 Å². The van der Waals surface area contributed by atoms with Gasteiger partial charge in [-0.2, -0.15) is 0 Å². The Morgan fingerprint density at radius 2 is 1.77 bits per heavy atom. The summed E-state index contributed by atoms with van der Waals surface area (Å²) in [5.74, 6) is -1.55. The van der Waals surface area contributed by atoms with Crippen LogP contribution in [-0.4, -0.2) is 43.0 Å². The van der Waals surface area contributed by atoms with Crippen LogP contribution in [0.2, 0.25) is 0 Å². The van der Waals surface area contributed by atoms with Crippen LogP contribution in [0.3, 0.4) is 0 Å². The fraction of sp³-hybridized carbons (Fsp3) is 0.316. The van der Waals surface area contributed by atoms with Crippen molar-refractivity contribution in [1.82, 2.24) is 4.98 Å². The first-order valence-electron chi connectivity index (χ1n) is 8.11. The number of ether oxygens (including phenoxy) is 2. The zero-order valence-corrected chi connectivity index (χ0v) is 15.4. The van der Waals surface area contributed by atoms with E-state index in [1.54, 1.807) is 45.2 Å². The van der Waals surface area contributed by atoms with E-state index < -0.39 is 23.8 Å². The van der Waals surface area contributed by atoms with Crippen molar-refractivity contribution in [3.05, 3.63) is 52.3 Å². The number of hydrogen-bond donors (Lipinski definition) is 2. The first-order chi connectivity index (χ1) is 12.3. The molecule has 0 aliphatic heterocycles. The van der Waals surface area contributed by atoms with Crippen LogP contribution in [-0.2, 0) is 9.47 Å². The molecule has 26 heavy (non-hydrogen) atoms. The number of benzene rings is 1. The molecule has 0 saturated carbocycles. The van der Waals surface area contributed by atoms with E-state index in [0.717, 1.165) is 0 Å². The van der Waals surface area contributed by atoms with Crippen molar-refractivity contribution in [3.8, 4) is 0 Å². The molecule has 1 atom stereocenters. The first kappa shape index (κ1) is 19.2. The molecule has 0 bridgehead atoms. The minimum atomic E-state index is -1.02. The topological polar surface area (TPSA) is 97.5 Å². The molecule has 0 aliphatic carbocycles. The van der Waals surface area contributed by atoms with Crippen LogP contribution in [0.15, 0.2) is 24.3 Å². The van der Waals surface area contributed by atoms with Gasteiger partial charge in [0.25, 0.3) is 0 Å². The van der Waals surface area contributed by atoms with E-state index in [4.69, 9.17) is 9.47 Å². The highest BCUT2D eigenvalue weighted by atomic mass is 16.5. The number of H-pyrrole nitrogens is 1. The Morgan fingerprint density at radius 1 is 1.12 bits per heavy atom. The van der Waals surface area contributed by atoms with Crippen LogP contribution in [0.5, 0.6) is 0 Å². The van der Waals surface area contributed by atoms with Gasteiger partial charge in [-0.05, 0) is 38.5 Å². The number of rotatable bonds is 6. The number of anilines is 1. The van der Waals surface area contributed by atoms with Gasteiger partial charge in [-0.15, -0.1) is 0 Å². The maximum absolute atomic E-state index is 12.7. The molecule has 1 unspecified atom stereocenters. The maximum Gasteiger partial charge on any atom is 0.340 e. The summed E-state index contributed by atoms with van der Waals surface area (Å²) < 4.78 is 10.1. The second-order valence-electron chi connectivity index (χ2n) is 5.82. The van der Waals surface area contributed by atoms with Crippen molar-refractivity contribution >= 4 is 23.4 Å². The average molecular weight is 358 g/mol. The number of aromatic nitrogens is 1. The molecular weight excluding hydrogens is 336 g/mol. The van der Waals surface area contributed by atoms with Crippen LogP contribution >= 0.6 is 0 Å². The standard InChI is InChI=1S/C19H22N2O5/c1-10-15(19(24)25-5)11(2)21-16(10)17(22)12(3)26-18(23)13-8-6-7-9-14(13)20-4/h6-9,12,20-21H,1-5H3.